The second-order valence-electron chi connectivity index (χ2n) is 4.21. The molecule has 1 N–H and O–H groups in total. The quantitative estimate of drug-likeness (QED) is 0.515. The van der Waals surface area contributed by atoms with Gasteiger partial charge in [-0.2, -0.15) is 0 Å². The first kappa shape index (κ1) is 15.1. The minimum Gasteiger partial charge on any atom is -0.322 e. The molecule has 108 valence electrons. The van der Waals surface area contributed by atoms with Crippen LogP contribution in [0, 0.1) is 15.9 Å². The van der Waals surface area contributed by atoms with E-state index < -0.39 is 22.3 Å². The van der Waals surface area contributed by atoms with Crippen LogP contribution < -0.4 is 5.32 Å². The van der Waals surface area contributed by atoms with Crippen LogP contribution in [-0.2, 0) is 5.33 Å². The first-order valence-electron chi connectivity index (χ1n) is 5.91. The molecule has 7 heteroatoms. The maximum Gasteiger partial charge on any atom is 0.282 e. The Morgan fingerprint density at radius 1 is 1.29 bits per heavy atom. The van der Waals surface area contributed by atoms with Gasteiger partial charge in [0, 0.05) is 17.1 Å². The van der Waals surface area contributed by atoms with Gasteiger partial charge in [0.05, 0.1) is 4.92 Å². The Bertz CT molecular complexity index is 706. The lowest BCUT2D eigenvalue weighted by molar-refractivity contribution is -0.385. The highest BCUT2D eigenvalue weighted by Crippen LogP contribution is 2.21. The molecule has 1 amide bonds. The first-order valence-corrected chi connectivity index (χ1v) is 7.03. The molecule has 0 heterocycles. The van der Waals surface area contributed by atoms with Gasteiger partial charge in [0.1, 0.15) is 11.4 Å². The fourth-order valence-corrected chi connectivity index (χ4v) is 2.13. The zero-order valence-corrected chi connectivity index (χ0v) is 12.3. The predicted molar refractivity (Wildman–Crippen MR) is 80.1 cm³/mol. The van der Waals surface area contributed by atoms with Gasteiger partial charge in [-0.05, 0) is 29.8 Å². The number of nitrogens with one attached hydrogen (secondary N) is 1. The normalized spacial score (nSPS) is 10.2. The molecule has 0 saturated carbocycles. The number of hydrogen-bond acceptors (Lipinski definition) is 3. The summed E-state index contributed by atoms with van der Waals surface area (Å²) in [5.74, 6) is -1.44. The van der Waals surface area contributed by atoms with Crippen molar-refractivity contribution in [1.82, 2.24) is 0 Å². The maximum absolute atomic E-state index is 13.2. The Hall–Kier alpha value is -2.28. The summed E-state index contributed by atoms with van der Waals surface area (Å²) >= 11 is 3.29. The highest BCUT2D eigenvalue weighted by molar-refractivity contribution is 9.08. The van der Waals surface area contributed by atoms with Gasteiger partial charge in [0.2, 0.25) is 0 Å². The van der Waals surface area contributed by atoms with Gasteiger partial charge in [0.25, 0.3) is 11.6 Å². The van der Waals surface area contributed by atoms with Crippen molar-refractivity contribution in [1.29, 1.82) is 0 Å². The van der Waals surface area contributed by atoms with Crippen LogP contribution in [0.25, 0.3) is 0 Å². The van der Waals surface area contributed by atoms with E-state index >= 15 is 0 Å². The Labute approximate surface area is 128 Å². The molecule has 21 heavy (non-hydrogen) atoms. The van der Waals surface area contributed by atoms with E-state index in [9.17, 15) is 19.3 Å². The summed E-state index contributed by atoms with van der Waals surface area (Å²) in [6, 6.07) is 9.73. The van der Waals surface area contributed by atoms with E-state index in [1.54, 1.807) is 18.2 Å². The summed E-state index contributed by atoms with van der Waals surface area (Å²) in [6.07, 6.45) is 0. The monoisotopic (exact) mass is 352 g/mol. The molecule has 2 aromatic carbocycles. The van der Waals surface area contributed by atoms with Crippen LogP contribution >= 0.6 is 15.9 Å². The molecule has 0 radical (unpaired) electrons. The van der Waals surface area contributed by atoms with Crippen LogP contribution in [-0.4, -0.2) is 10.8 Å². The number of rotatable bonds is 4. The third-order valence-corrected chi connectivity index (χ3v) is 3.39. The standard InChI is InChI=1S/C14H10BrFN2O3/c15-8-9-2-1-3-11(6-9)17-14(19)12-7-10(16)4-5-13(12)18(20)21/h1-7H,8H2,(H,17,19). The van der Waals surface area contributed by atoms with Crippen molar-refractivity contribution in [2.24, 2.45) is 0 Å². The molecule has 0 saturated heterocycles. The number of alkyl halides is 1. The molecule has 5 nitrogen and oxygen atoms in total. The molecule has 0 aromatic heterocycles. The van der Waals surface area contributed by atoms with Crippen LogP contribution in [0.2, 0.25) is 0 Å². The van der Waals surface area contributed by atoms with Crippen molar-refractivity contribution >= 4 is 33.2 Å². The highest BCUT2D eigenvalue weighted by atomic mass is 79.9. The van der Waals surface area contributed by atoms with Gasteiger partial charge < -0.3 is 5.32 Å². The van der Waals surface area contributed by atoms with E-state index in [0.29, 0.717) is 11.0 Å². The van der Waals surface area contributed by atoms with Crippen molar-refractivity contribution in [2.75, 3.05) is 5.32 Å². The number of anilines is 1. The van der Waals surface area contributed by atoms with E-state index in [1.165, 1.54) is 0 Å². The molecule has 0 aliphatic heterocycles. The lowest BCUT2D eigenvalue weighted by atomic mass is 10.1. The van der Waals surface area contributed by atoms with Crippen LogP contribution in [0.5, 0.6) is 0 Å². The second kappa shape index (κ2) is 6.45. The highest BCUT2D eigenvalue weighted by Gasteiger charge is 2.21. The summed E-state index contributed by atoms with van der Waals surface area (Å²) in [7, 11) is 0. The van der Waals surface area contributed by atoms with Crippen molar-refractivity contribution in [3.05, 3.63) is 69.5 Å². The van der Waals surface area contributed by atoms with Crippen molar-refractivity contribution in [2.45, 2.75) is 5.33 Å². The van der Waals surface area contributed by atoms with Gasteiger partial charge in [-0.1, -0.05) is 28.1 Å². The summed E-state index contributed by atoms with van der Waals surface area (Å²) in [6.45, 7) is 0. The molecular formula is C14H10BrFN2O3. The number of hydrogen-bond donors (Lipinski definition) is 1. The first-order chi connectivity index (χ1) is 10.0. The van der Waals surface area contributed by atoms with Gasteiger partial charge in [-0.3, -0.25) is 14.9 Å². The minimum absolute atomic E-state index is 0.316. The van der Waals surface area contributed by atoms with Gasteiger partial charge in [-0.15, -0.1) is 0 Å². The summed E-state index contributed by atoms with van der Waals surface area (Å²) in [5.41, 5.74) is 0.659. The molecule has 0 aliphatic carbocycles. The number of carbonyl (C=O) groups is 1. The average Bonchev–Trinajstić information content (AvgIpc) is 2.47. The smallest absolute Gasteiger partial charge is 0.282 e. The van der Waals surface area contributed by atoms with Crippen LogP contribution in [0.3, 0.4) is 0 Å². The van der Waals surface area contributed by atoms with E-state index in [1.807, 2.05) is 6.07 Å². The molecule has 0 unspecified atom stereocenters. The summed E-state index contributed by atoms with van der Waals surface area (Å²) < 4.78 is 13.2. The predicted octanol–water partition coefficient (Wildman–Crippen LogP) is 3.88. The third kappa shape index (κ3) is 3.63. The van der Waals surface area contributed by atoms with Gasteiger partial charge >= 0.3 is 0 Å². The Balaban J connectivity index is 2.31. The Morgan fingerprint density at radius 3 is 2.71 bits per heavy atom. The molecule has 0 bridgehead atoms. The number of nitrogens with zero attached hydrogens (tertiary/aromatic N) is 1. The van der Waals surface area contributed by atoms with E-state index in [-0.39, 0.29) is 5.56 Å². The molecular weight excluding hydrogens is 343 g/mol. The number of amides is 1. The number of benzene rings is 2. The number of carbonyl (C=O) groups excluding carboxylic acids is 1. The fourth-order valence-electron chi connectivity index (χ4n) is 1.78. The van der Waals surface area contributed by atoms with Crippen LogP contribution in [0.4, 0.5) is 15.8 Å². The number of halogens is 2. The molecule has 0 atom stereocenters. The third-order valence-electron chi connectivity index (χ3n) is 2.74. The largest absolute Gasteiger partial charge is 0.322 e. The Kier molecular flexibility index (Phi) is 4.64. The zero-order chi connectivity index (χ0) is 15.4. The molecule has 0 aliphatic rings. The SMILES string of the molecule is O=C(Nc1cccc(CBr)c1)c1cc(F)ccc1[N+](=O)[O-]. The number of nitro groups is 1. The Morgan fingerprint density at radius 2 is 2.05 bits per heavy atom. The van der Waals surface area contributed by atoms with Crippen LogP contribution in [0.15, 0.2) is 42.5 Å². The van der Waals surface area contributed by atoms with E-state index in [0.717, 1.165) is 23.8 Å². The summed E-state index contributed by atoms with van der Waals surface area (Å²) in [5, 5.41) is 14.0. The lowest BCUT2D eigenvalue weighted by Crippen LogP contribution is -2.14. The van der Waals surface area contributed by atoms with Crippen molar-refractivity contribution in [3.63, 3.8) is 0 Å². The second-order valence-corrected chi connectivity index (χ2v) is 4.77. The molecule has 0 fully saturated rings. The van der Waals surface area contributed by atoms with E-state index in [4.69, 9.17) is 0 Å². The zero-order valence-electron chi connectivity index (χ0n) is 10.7. The maximum atomic E-state index is 13.2. The molecule has 0 spiro atoms. The average molecular weight is 353 g/mol. The van der Waals surface area contributed by atoms with Crippen molar-refractivity contribution in [3.8, 4) is 0 Å². The fraction of sp³-hybridized carbons (Fsp3) is 0.0714. The molecule has 2 rings (SSSR count). The molecule has 2 aromatic rings. The van der Waals surface area contributed by atoms with Gasteiger partial charge in [0.15, 0.2) is 0 Å². The lowest BCUT2D eigenvalue weighted by Gasteiger charge is -2.07. The van der Waals surface area contributed by atoms with Crippen molar-refractivity contribution < 1.29 is 14.1 Å². The topological polar surface area (TPSA) is 72.2 Å². The summed E-state index contributed by atoms with van der Waals surface area (Å²) in [4.78, 5) is 22.3. The van der Waals surface area contributed by atoms with E-state index in [2.05, 4.69) is 21.2 Å². The minimum atomic E-state index is -0.729. The van der Waals surface area contributed by atoms with Crippen LogP contribution in [0.1, 0.15) is 15.9 Å². The number of nitro benzene ring substituents is 1. The van der Waals surface area contributed by atoms with Gasteiger partial charge in [-0.25, -0.2) is 4.39 Å².